The highest BCUT2D eigenvalue weighted by Crippen LogP contribution is 2.30. The summed E-state index contributed by atoms with van der Waals surface area (Å²) >= 11 is 1.33. The second-order valence-corrected chi connectivity index (χ2v) is 8.71. The van der Waals surface area contributed by atoms with Gasteiger partial charge in [-0.25, -0.2) is 4.99 Å². The summed E-state index contributed by atoms with van der Waals surface area (Å²) in [7, 11) is 1.59. The lowest BCUT2D eigenvalue weighted by Gasteiger charge is -2.32. The zero-order chi connectivity index (χ0) is 23.0. The van der Waals surface area contributed by atoms with Gasteiger partial charge in [-0.1, -0.05) is 60.3 Å². The van der Waals surface area contributed by atoms with Gasteiger partial charge in [0.25, 0.3) is 0 Å². The van der Waals surface area contributed by atoms with Crippen LogP contribution >= 0.6 is 11.8 Å². The van der Waals surface area contributed by atoms with Crippen LogP contribution in [0.15, 0.2) is 89.9 Å². The quantitative estimate of drug-likeness (QED) is 0.546. The molecule has 6 nitrogen and oxygen atoms in total. The maximum Gasteiger partial charge on any atom is 0.238 e. The predicted molar refractivity (Wildman–Crippen MR) is 133 cm³/mol. The van der Waals surface area contributed by atoms with Gasteiger partial charge in [0, 0.05) is 18.7 Å². The van der Waals surface area contributed by atoms with Gasteiger partial charge in [0.1, 0.15) is 11.0 Å². The third-order valence-electron chi connectivity index (χ3n) is 5.24. The number of benzene rings is 3. The number of para-hydroxylation sites is 1. The van der Waals surface area contributed by atoms with E-state index in [2.05, 4.69) is 5.32 Å². The van der Waals surface area contributed by atoms with Crippen molar-refractivity contribution in [2.45, 2.75) is 18.1 Å². The fraction of sp³-hybridized carbons (Fsp3) is 0.192. The van der Waals surface area contributed by atoms with E-state index >= 15 is 0 Å². The molecule has 1 saturated heterocycles. The average Bonchev–Trinajstić information content (AvgIpc) is 2.85. The Hall–Kier alpha value is -3.58. The molecule has 33 heavy (non-hydrogen) atoms. The second-order valence-electron chi connectivity index (χ2n) is 7.54. The Balaban J connectivity index is 1.51. The van der Waals surface area contributed by atoms with Gasteiger partial charge >= 0.3 is 0 Å². The molecule has 7 heteroatoms. The molecule has 0 saturated carbocycles. The van der Waals surface area contributed by atoms with Crippen LogP contribution in [-0.4, -0.2) is 40.8 Å². The first-order chi connectivity index (χ1) is 16.1. The summed E-state index contributed by atoms with van der Waals surface area (Å²) in [6, 6.07) is 26.6. The molecule has 1 aliphatic heterocycles. The van der Waals surface area contributed by atoms with Crippen molar-refractivity contribution in [3.05, 3.63) is 90.5 Å². The largest absolute Gasteiger partial charge is 0.497 e. The molecule has 1 aliphatic rings. The van der Waals surface area contributed by atoms with Crippen molar-refractivity contribution in [2.75, 3.05) is 19.0 Å². The Morgan fingerprint density at radius 1 is 1.03 bits per heavy atom. The van der Waals surface area contributed by atoms with Crippen LogP contribution in [0.2, 0.25) is 0 Å². The lowest BCUT2D eigenvalue weighted by molar-refractivity contribution is -0.129. The zero-order valence-corrected chi connectivity index (χ0v) is 19.1. The molecular formula is C26H25N3O3S. The van der Waals surface area contributed by atoms with Crippen molar-refractivity contribution < 1.29 is 14.3 Å². The third-order valence-corrected chi connectivity index (χ3v) is 6.43. The minimum absolute atomic E-state index is 0.103. The lowest BCUT2D eigenvalue weighted by atomic mass is 10.1. The van der Waals surface area contributed by atoms with E-state index in [1.807, 2.05) is 60.7 Å². The monoisotopic (exact) mass is 459 g/mol. The molecule has 0 spiro atoms. The van der Waals surface area contributed by atoms with Gasteiger partial charge in [-0.2, -0.15) is 0 Å². The number of nitrogens with one attached hydrogen (secondary N) is 1. The number of aliphatic imine (C=N–C) groups is 1. The molecule has 0 aromatic heterocycles. The first kappa shape index (κ1) is 22.6. The SMILES string of the molecule is COc1ccc(NC(=O)[C@@H]2CC(=O)N(CCc3ccccc3)C(=Nc3ccccc3)S2)cc1. The van der Waals surface area contributed by atoms with E-state index in [1.165, 1.54) is 11.8 Å². The van der Waals surface area contributed by atoms with Gasteiger partial charge in [-0.3, -0.25) is 14.5 Å². The van der Waals surface area contributed by atoms with E-state index in [0.29, 0.717) is 29.6 Å². The van der Waals surface area contributed by atoms with E-state index in [1.54, 1.807) is 36.3 Å². The molecule has 2 amide bonds. The third kappa shape index (κ3) is 6.02. The summed E-state index contributed by atoms with van der Waals surface area (Å²) in [6.07, 6.45) is 0.832. The van der Waals surface area contributed by atoms with Gasteiger partial charge in [0.05, 0.1) is 12.8 Å². The maximum absolute atomic E-state index is 13.1. The smallest absolute Gasteiger partial charge is 0.238 e. The van der Waals surface area contributed by atoms with Crippen LogP contribution in [0.25, 0.3) is 0 Å². The topological polar surface area (TPSA) is 71.0 Å². The molecule has 4 rings (SSSR count). The fourth-order valence-electron chi connectivity index (χ4n) is 3.46. The van der Waals surface area contributed by atoms with Gasteiger partial charge in [-0.15, -0.1) is 0 Å². The Morgan fingerprint density at radius 2 is 1.70 bits per heavy atom. The highest BCUT2D eigenvalue weighted by Gasteiger charge is 2.35. The van der Waals surface area contributed by atoms with Crippen LogP contribution < -0.4 is 10.1 Å². The fourth-order valence-corrected chi connectivity index (χ4v) is 4.58. The van der Waals surface area contributed by atoms with Crippen LogP contribution in [0, 0.1) is 0 Å². The van der Waals surface area contributed by atoms with Crippen molar-refractivity contribution in [3.63, 3.8) is 0 Å². The minimum atomic E-state index is -0.560. The van der Waals surface area contributed by atoms with Gasteiger partial charge in [0.15, 0.2) is 5.17 Å². The van der Waals surface area contributed by atoms with Crippen LogP contribution in [-0.2, 0) is 16.0 Å². The molecule has 1 N–H and O–H groups in total. The van der Waals surface area contributed by atoms with Crippen molar-refractivity contribution in [1.82, 2.24) is 4.90 Å². The van der Waals surface area contributed by atoms with Crippen LogP contribution in [0.1, 0.15) is 12.0 Å². The number of amidine groups is 1. The number of carbonyl (C=O) groups is 2. The highest BCUT2D eigenvalue weighted by atomic mass is 32.2. The molecule has 0 radical (unpaired) electrons. The standard InChI is InChI=1S/C26H25N3O3S/c1-32-22-14-12-21(13-15-22)27-25(31)23-18-24(30)29(17-16-19-8-4-2-5-9-19)26(33-23)28-20-10-6-3-7-11-20/h2-15,23H,16-18H2,1H3,(H,27,31)/t23-/m0/s1. The zero-order valence-electron chi connectivity index (χ0n) is 18.3. The summed E-state index contributed by atoms with van der Waals surface area (Å²) in [5, 5.41) is 2.88. The average molecular weight is 460 g/mol. The first-order valence-corrected chi connectivity index (χ1v) is 11.6. The van der Waals surface area contributed by atoms with E-state index < -0.39 is 5.25 Å². The summed E-state index contributed by atoms with van der Waals surface area (Å²) in [4.78, 5) is 32.5. The molecule has 0 unspecified atom stereocenters. The number of carbonyl (C=O) groups excluding carboxylic acids is 2. The molecule has 3 aromatic rings. The van der Waals surface area contributed by atoms with Crippen LogP contribution in [0.5, 0.6) is 5.75 Å². The van der Waals surface area contributed by atoms with Crippen molar-refractivity contribution in [1.29, 1.82) is 0 Å². The van der Waals surface area contributed by atoms with Crippen molar-refractivity contribution >= 4 is 40.1 Å². The molecular weight excluding hydrogens is 434 g/mol. The maximum atomic E-state index is 13.1. The molecule has 1 atom stereocenters. The Bertz CT molecular complexity index is 1120. The molecule has 168 valence electrons. The summed E-state index contributed by atoms with van der Waals surface area (Å²) in [5.74, 6) is 0.387. The lowest BCUT2D eigenvalue weighted by Crippen LogP contribution is -2.46. The van der Waals surface area contributed by atoms with Gasteiger partial charge in [0.2, 0.25) is 11.8 Å². The number of methoxy groups -OCH3 is 1. The number of anilines is 1. The number of nitrogens with zero attached hydrogens (tertiary/aromatic N) is 2. The van der Waals surface area contributed by atoms with Crippen molar-refractivity contribution in [2.24, 2.45) is 4.99 Å². The molecule has 0 bridgehead atoms. The minimum Gasteiger partial charge on any atom is -0.497 e. The van der Waals surface area contributed by atoms with Crippen LogP contribution in [0.4, 0.5) is 11.4 Å². The molecule has 1 heterocycles. The van der Waals surface area contributed by atoms with Crippen molar-refractivity contribution in [3.8, 4) is 5.75 Å². The number of ether oxygens (including phenoxy) is 1. The van der Waals surface area contributed by atoms with Gasteiger partial charge < -0.3 is 10.1 Å². The van der Waals surface area contributed by atoms with E-state index in [0.717, 1.165) is 11.3 Å². The van der Waals surface area contributed by atoms with E-state index in [4.69, 9.17) is 9.73 Å². The number of amides is 2. The summed E-state index contributed by atoms with van der Waals surface area (Å²) < 4.78 is 5.16. The van der Waals surface area contributed by atoms with E-state index in [-0.39, 0.29) is 18.2 Å². The normalized spacial score (nSPS) is 17.1. The van der Waals surface area contributed by atoms with Crippen LogP contribution in [0.3, 0.4) is 0 Å². The number of hydrogen-bond acceptors (Lipinski definition) is 5. The number of hydrogen-bond donors (Lipinski definition) is 1. The molecule has 1 fully saturated rings. The van der Waals surface area contributed by atoms with Gasteiger partial charge in [-0.05, 0) is 48.4 Å². The van der Waals surface area contributed by atoms with E-state index in [9.17, 15) is 9.59 Å². The number of thioether (sulfide) groups is 1. The Morgan fingerprint density at radius 3 is 2.36 bits per heavy atom. The number of rotatable bonds is 7. The summed E-state index contributed by atoms with van der Waals surface area (Å²) in [6.45, 7) is 0.508. The predicted octanol–water partition coefficient (Wildman–Crippen LogP) is 4.90. The second kappa shape index (κ2) is 10.8. The Labute approximate surface area is 197 Å². The first-order valence-electron chi connectivity index (χ1n) is 10.7. The highest BCUT2D eigenvalue weighted by molar-refractivity contribution is 8.15. The molecule has 3 aromatic carbocycles. The molecule has 0 aliphatic carbocycles. The Kier molecular flexibility index (Phi) is 7.42. The summed E-state index contributed by atoms with van der Waals surface area (Å²) in [5.41, 5.74) is 2.55.